The molecule has 0 heterocycles. The molecule has 0 aromatic rings. The smallest absolute Gasteiger partial charge is 0.336 e. The Morgan fingerprint density at radius 1 is 1.12 bits per heavy atom. The molecular weight excluding hydrogens is 224 g/mol. The quantitative estimate of drug-likeness (QED) is 0.403. The standard InChI is InChI=1S/C12H18O5/c1-6-7-12(9(4)13,16-10(5)14)17-11(15)8(2)3/h2,6-7H2,1,3-5H3. The normalized spacial score (nSPS) is 13.4. The zero-order chi connectivity index (χ0) is 13.6. The molecule has 0 aliphatic heterocycles. The lowest BCUT2D eigenvalue weighted by molar-refractivity contribution is -0.223. The average molecular weight is 242 g/mol. The summed E-state index contributed by atoms with van der Waals surface area (Å²) in [5, 5.41) is 0. The first kappa shape index (κ1) is 15.3. The van der Waals surface area contributed by atoms with Gasteiger partial charge in [-0.15, -0.1) is 0 Å². The van der Waals surface area contributed by atoms with Crippen molar-refractivity contribution >= 4 is 17.7 Å². The topological polar surface area (TPSA) is 69.7 Å². The van der Waals surface area contributed by atoms with Gasteiger partial charge < -0.3 is 9.47 Å². The van der Waals surface area contributed by atoms with E-state index in [0.717, 1.165) is 6.92 Å². The zero-order valence-electron chi connectivity index (χ0n) is 10.7. The summed E-state index contributed by atoms with van der Waals surface area (Å²) in [5.74, 6) is -3.78. The van der Waals surface area contributed by atoms with Crippen molar-refractivity contribution in [1.29, 1.82) is 0 Å². The van der Waals surface area contributed by atoms with E-state index in [4.69, 9.17) is 9.47 Å². The van der Waals surface area contributed by atoms with Crippen molar-refractivity contribution in [3.8, 4) is 0 Å². The fourth-order valence-electron chi connectivity index (χ4n) is 1.24. The van der Waals surface area contributed by atoms with Crippen LogP contribution in [0.5, 0.6) is 0 Å². The highest BCUT2D eigenvalue weighted by molar-refractivity contribution is 5.92. The van der Waals surface area contributed by atoms with Crippen LogP contribution in [0.1, 0.15) is 40.5 Å². The van der Waals surface area contributed by atoms with Crippen LogP contribution >= 0.6 is 0 Å². The molecule has 0 saturated heterocycles. The van der Waals surface area contributed by atoms with Gasteiger partial charge in [-0.05, 0) is 13.3 Å². The van der Waals surface area contributed by atoms with Gasteiger partial charge in [0.25, 0.3) is 0 Å². The molecule has 5 heteroatoms. The number of hydrogen-bond donors (Lipinski definition) is 0. The molecule has 0 fully saturated rings. The average Bonchev–Trinajstić information content (AvgIpc) is 2.16. The van der Waals surface area contributed by atoms with Crippen molar-refractivity contribution in [2.24, 2.45) is 0 Å². The molecule has 0 saturated carbocycles. The van der Waals surface area contributed by atoms with Gasteiger partial charge in [-0.2, -0.15) is 0 Å². The van der Waals surface area contributed by atoms with Crippen LogP contribution in [-0.2, 0) is 23.9 Å². The zero-order valence-corrected chi connectivity index (χ0v) is 10.7. The fraction of sp³-hybridized carbons (Fsp3) is 0.583. The number of ketones is 1. The van der Waals surface area contributed by atoms with E-state index in [1.165, 1.54) is 13.8 Å². The Bertz CT molecular complexity index is 345. The van der Waals surface area contributed by atoms with Crippen LogP contribution in [0.2, 0.25) is 0 Å². The van der Waals surface area contributed by atoms with Crippen LogP contribution in [0.3, 0.4) is 0 Å². The Kier molecular flexibility index (Phi) is 5.58. The first-order valence-electron chi connectivity index (χ1n) is 5.34. The van der Waals surface area contributed by atoms with Crippen molar-refractivity contribution in [3.05, 3.63) is 12.2 Å². The largest absolute Gasteiger partial charge is 0.415 e. The maximum absolute atomic E-state index is 11.6. The number of ether oxygens (including phenoxy) is 2. The Morgan fingerprint density at radius 3 is 1.94 bits per heavy atom. The van der Waals surface area contributed by atoms with E-state index in [-0.39, 0.29) is 12.0 Å². The minimum Gasteiger partial charge on any atom is -0.415 e. The van der Waals surface area contributed by atoms with Gasteiger partial charge in [-0.1, -0.05) is 13.5 Å². The van der Waals surface area contributed by atoms with Crippen molar-refractivity contribution in [3.63, 3.8) is 0 Å². The number of carbonyl (C=O) groups is 3. The highest BCUT2D eigenvalue weighted by Crippen LogP contribution is 2.23. The lowest BCUT2D eigenvalue weighted by Crippen LogP contribution is -2.46. The summed E-state index contributed by atoms with van der Waals surface area (Å²) >= 11 is 0. The minimum atomic E-state index is -1.82. The second-order valence-corrected chi connectivity index (χ2v) is 3.82. The maximum atomic E-state index is 11.6. The second-order valence-electron chi connectivity index (χ2n) is 3.82. The van der Waals surface area contributed by atoms with Gasteiger partial charge in [-0.3, -0.25) is 9.59 Å². The van der Waals surface area contributed by atoms with E-state index < -0.39 is 23.5 Å². The molecule has 0 bridgehead atoms. The molecule has 1 unspecified atom stereocenters. The number of Topliss-reactive ketones (excluding diaryl/α,β-unsaturated/α-hetero) is 1. The summed E-state index contributed by atoms with van der Waals surface area (Å²) < 4.78 is 9.87. The van der Waals surface area contributed by atoms with E-state index in [2.05, 4.69) is 6.58 Å². The van der Waals surface area contributed by atoms with Gasteiger partial charge >= 0.3 is 17.7 Å². The van der Waals surface area contributed by atoms with Crippen LogP contribution < -0.4 is 0 Å². The molecule has 5 nitrogen and oxygen atoms in total. The number of rotatable bonds is 6. The van der Waals surface area contributed by atoms with Gasteiger partial charge in [0.2, 0.25) is 5.78 Å². The fourth-order valence-corrected chi connectivity index (χ4v) is 1.24. The summed E-state index contributed by atoms with van der Waals surface area (Å²) in [6, 6.07) is 0. The summed E-state index contributed by atoms with van der Waals surface area (Å²) in [7, 11) is 0. The predicted octanol–water partition coefficient (Wildman–Crippen LogP) is 1.75. The monoisotopic (exact) mass is 242 g/mol. The number of esters is 2. The minimum absolute atomic E-state index is 0.126. The molecule has 17 heavy (non-hydrogen) atoms. The Morgan fingerprint density at radius 2 is 1.65 bits per heavy atom. The maximum Gasteiger partial charge on any atom is 0.336 e. The molecule has 96 valence electrons. The second kappa shape index (κ2) is 6.18. The van der Waals surface area contributed by atoms with E-state index in [0.29, 0.717) is 6.42 Å². The predicted molar refractivity (Wildman–Crippen MR) is 61.0 cm³/mol. The summed E-state index contributed by atoms with van der Waals surface area (Å²) in [6.45, 7) is 9.02. The van der Waals surface area contributed by atoms with E-state index in [9.17, 15) is 14.4 Å². The molecule has 0 aliphatic rings. The molecule has 0 spiro atoms. The molecule has 0 amide bonds. The van der Waals surface area contributed by atoms with Crippen molar-refractivity contribution < 1.29 is 23.9 Å². The van der Waals surface area contributed by atoms with Gasteiger partial charge in [-0.25, -0.2) is 4.79 Å². The summed E-state index contributed by atoms with van der Waals surface area (Å²) in [6.07, 6.45) is 0.650. The third kappa shape index (κ3) is 4.38. The summed E-state index contributed by atoms with van der Waals surface area (Å²) in [4.78, 5) is 34.0. The van der Waals surface area contributed by atoms with Crippen LogP contribution in [0, 0.1) is 0 Å². The number of hydrogen-bond acceptors (Lipinski definition) is 5. The molecule has 0 aromatic heterocycles. The molecule has 0 radical (unpaired) electrons. The molecular formula is C12H18O5. The van der Waals surface area contributed by atoms with E-state index in [1.807, 2.05) is 0 Å². The van der Waals surface area contributed by atoms with E-state index in [1.54, 1.807) is 6.92 Å². The Labute approximate surface area is 101 Å². The van der Waals surface area contributed by atoms with Crippen LogP contribution in [0.25, 0.3) is 0 Å². The van der Waals surface area contributed by atoms with Gasteiger partial charge in [0, 0.05) is 25.8 Å². The van der Waals surface area contributed by atoms with Gasteiger partial charge in [0.05, 0.1) is 0 Å². The third-order valence-corrected chi connectivity index (χ3v) is 2.03. The first-order chi connectivity index (χ1) is 7.75. The lowest BCUT2D eigenvalue weighted by Gasteiger charge is -2.29. The lowest BCUT2D eigenvalue weighted by atomic mass is 10.1. The SMILES string of the molecule is C=C(C)C(=O)OC(CCC)(OC(C)=O)C(C)=O. The Balaban J connectivity index is 5.16. The number of carbonyl (C=O) groups excluding carboxylic acids is 3. The molecule has 0 N–H and O–H groups in total. The van der Waals surface area contributed by atoms with Crippen molar-refractivity contribution in [2.75, 3.05) is 0 Å². The third-order valence-electron chi connectivity index (χ3n) is 2.03. The van der Waals surface area contributed by atoms with Crippen LogP contribution in [-0.4, -0.2) is 23.5 Å². The van der Waals surface area contributed by atoms with Crippen molar-refractivity contribution in [2.45, 2.75) is 46.3 Å². The summed E-state index contributed by atoms with van der Waals surface area (Å²) in [5.41, 5.74) is 0.138. The van der Waals surface area contributed by atoms with Crippen LogP contribution in [0.4, 0.5) is 0 Å². The molecule has 0 aromatic carbocycles. The van der Waals surface area contributed by atoms with E-state index >= 15 is 0 Å². The highest BCUT2D eigenvalue weighted by atomic mass is 16.7. The molecule has 1 atom stereocenters. The van der Waals surface area contributed by atoms with Crippen LogP contribution in [0.15, 0.2) is 12.2 Å². The molecule has 0 rings (SSSR count). The first-order valence-corrected chi connectivity index (χ1v) is 5.34. The van der Waals surface area contributed by atoms with Gasteiger partial charge in [0.15, 0.2) is 0 Å². The highest BCUT2D eigenvalue weighted by Gasteiger charge is 2.42. The Hall–Kier alpha value is -1.65. The van der Waals surface area contributed by atoms with Gasteiger partial charge in [0.1, 0.15) is 0 Å². The molecule has 0 aliphatic carbocycles. The van der Waals surface area contributed by atoms with Crippen molar-refractivity contribution in [1.82, 2.24) is 0 Å².